The van der Waals surface area contributed by atoms with Gasteiger partial charge in [-0.25, -0.2) is 4.79 Å². The maximum Gasteiger partial charge on any atom is 0.442 e. The lowest BCUT2D eigenvalue weighted by Gasteiger charge is -2.22. The summed E-state index contributed by atoms with van der Waals surface area (Å²) < 4.78 is 6.06. The molecule has 6 heteroatoms. The molecular formula is C18H23N3O3. The Morgan fingerprint density at radius 1 is 1.33 bits per heavy atom. The van der Waals surface area contributed by atoms with Crippen molar-refractivity contribution in [1.29, 1.82) is 0 Å². The molecule has 2 aromatic rings. The number of nitrogens with zero attached hydrogens (tertiary/aromatic N) is 2. The monoisotopic (exact) mass is 329 g/mol. The zero-order chi connectivity index (χ0) is 17.1. The van der Waals surface area contributed by atoms with Crippen molar-refractivity contribution < 1.29 is 9.32 Å². The molecule has 0 aliphatic heterocycles. The first-order valence-electron chi connectivity index (χ1n) is 8.44. The number of nitrogens with one attached hydrogen (secondary N) is 1. The summed E-state index contributed by atoms with van der Waals surface area (Å²) in [6, 6.07) is 10.1. The van der Waals surface area contributed by atoms with Gasteiger partial charge in [-0.2, -0.15) is 0 Å². The molecule has 1 saturated carbocycles. The molecule has 1 heterocycles. The smallest absolute Gasteiger partial charge is 0.354 e. The third kappa shape index (κ3) is 3.75. The highest BCUT2D eigenvalue weighted by atomic mass is 16.5. The zero-order valence-electron chi connectivity index (χ0n) is 14.1. The minimum Gasteiger partial charge on any atom is -0.354 e. The van der Waals surface area contributed by atoms with Crippen LogP contribution in [0, 0.1) is 5.92 Å². The number of carbonyl (C=O) groups excluding carboxylic acids is 1. The van der Waals surface area contributed by atoms with Crippen LogP contribution in [-0.4, -0.2) is 22.2 Å². The highest BCUT2D eigenvalue weighted by Gasteiger charge is 2.31. The van der Waals surface area contributed by atoms with Crippen molar-refractivity contribution in [3.63, 3.8) is 0 Å². The standard InChI is InChI=1S/C18H23N3O3/c1-12(2)15(13-6-4-3-5-7-13)10-19-16(22)11-21-17(14-8-9-14)20-24-18(21)23/h3-7,12,14-15H,8-11H2,1-2H3,(H,19,22). The summed E-state index contributed by atoms with van der Waals surface area (Å²) >= 11 is 0. The molecule has 1 atom stereocenters. The van der Waals surface area contributed by atoms with Crippen molar-refractivity contribution in [3.05, 3.63) is 52.3 Å². The molecule has 1 aliphatic rings. The molecule has 6 nitrogen and oxygen atoms in total. The maximum atomic E-state index is 12.3. The van der Waals surface area contributed by atoms with Crippen LogP contribution in [0.4, 0.5) is 0 Å². The third-order valence-corrected chi connectivity index (χ3v) is 4.51. The maximum absolute atomic E-state index is 12.3. The summed E-state index contributed by atoms with van der Waals surface area (Å²) in [6.45, 7) is 4.78. The summed E-state index contributed by atoms with van der Waals surface area (Å²) in [5.74, 6) is 0.736. The number of benzene rings is 1. The van der Waals surface area contributed by atoms with Gasteiger partial charge in [0, 0.05) is 18.4 Å². The number of amides is 1. The van der Waals surface area contributed by atoms with E-state index in [1.54, 1.807) is 0 Å². The van der Waals surface area contributed by atoms with Gasteiger partial charge in [0.25, 0.3) is 0 Å². The van der Waals surface area contributed by atoms with E-state index in [1.807, 2.05) is 18.2 Å². The molecule has 0 saturated heterocycles. The lowest BCUT2D eigenvalue weighted by atomic mass is 9.88. The van der Waals surface area contributed by atoms with Crippen molar-refractivity contribution in [2.45, 2.75) is 45.1 Å². The fourth-order valence-electron chi connectivity index (χ4n) is 2.92. The summed E-state index contributed by atoms with van der Waals surface area (Å²) in [5, 5.41) is 6.74. The van der Waals surface area contributed by atoms with Gasteiger partial charge >= 0.3 is 5.76 Å². The van der Waals surface area contributed by atoms with Crippen LogP contribution < -0.4 is 11.1 Å². The largest absolute Gasteiger partial charge is 0.442 e. The average molecular weight is 329 g/mol. The van der Waals surface area contributed by atoms with E-state index < -0.39 is 5.76 Å². The van der Waals surface area contributed by atoms with Gasteiger partial charge in [0.15, 0.2) is 5.82 Å². The lowest BCUT2D eigenvalue weighted by Crippen LogP contribution is -2.35. The molecular weight excluding hydrogens is 306 g/mol. The van der Waals surface area contributed by atoms with Crippen LogP contribution in [0.25, 0.3) is 0 Å². The van der Waals surface area contributed by atoms with E-state index in [4.69, 9.17) is 4.52 Å². The van der Waals surface area contributed by atoms with Gasteiger partial charge in [-0.3, -0.25) is 13.9 Å². The fourth-order valence-corrected chi connectivity index (χ4v) is 2.92. The predicted octanol–water partition coefficient (Wildman–Crippen LogP) is 2.27. The number of hydrogen-bond donors (Lipinski definition) is 1. The first-order chi connectivity index (χ1) is 11.6. The van der Waals surface area contributed by atoms with Crippen LogP contribution >= 0.6 is 0 Å². The minimum absolute atomic E-state index is 0.0340. The van der Waals surface area contributed by atoms with Crippen molar-refractivity contribution in [2.75, 3.05) is 6.54 Å². The Labute approximate surface area is 140 Å². The fraction of sp³-hybridized carbons (Fsp3) is 0.500. The van der Waals surface area contributed by atoms with Crippen LogP contribution in [-0.2, 0) is 11.3 Å². The Bertz CT molecular complexity index is 744. The van der Waals surface area contributed by atoms with Crippen molar-refractivity contribution >= 4 is 5.91 Å². The molecule has 1 aromatic heterocycles. The molecule has 0 bridgehead atoms. The Kier molecular flexibility index (Phi) is 4.83. The minimum atomic E-state index is -0.560. The van der Waals surface area contributed by atoms with E-state index in [9.17, 15) is 9.59 Å². The highest BCUT2D eigenvalue weighted by Crippen LogP contribution is 2.38. The van der Waals surface area contributed by atoms with E-state index in [0.717, 1.165) is 12.8 Å². The second kappa shape index (κ2) is 7.03. The topological polar surface area (TPSA) is 77.1 Å². The summed E-state index contributed by atoms with van der Waals surface area (Å²) in [7, 11) is 0. The first-order valence-corrected chi connectivity index (χ1v) is 8.44. The lowest BCUT2D eigenvalue weighted by molar-refractivity contribution is -0.121. The average Bonchev–Trinajstić information content (AvgIpc) is 3.34. The molecule has 24 heavy (non-hydrogen) atoms. The van der Waals surface area contributed by atoms with E-state index in [2.05, 4.69) is 36.5 Å². The Balaban J connectivity index is 1.62. The van der Waals surface area contributed by atoms with Crippen molar-refractivity contribution in [1.82, 2.24) is 15.0 Å². The number of aromatic nitrogens is 2. The summed E-state index contributed by atoms with van der Waals surface area (Å²) in [5.41, 5.74) is 1.20. The van der Waals surface area contributed by atoms with E-state index >= 15 is 0 Å². The van der Waals surface area contributed by atoms with Gasteiger partial charge in [0.2, 0.25) is 5.91 Å². The SMILES string of the molecule is CC(C)C(CNC(=O)Cn1c(C2CC2)noc1=O)c1ccccc1. The second-order valence-corrected chi connectivity index (χ2v) is 6.73. The molecule has 1 unspecified atom stereocenters. The highest BCUT2D eigenvalue weighted by molar-refractivity contribution is 5.75. The van der Waals surface area contributed by atoms with E-state index in [1.165, 1.54) is 10.1 Å². The molecule has 1 aliphatic carbocycles. The summed E-state index contributed by atoms with van der Waals surface area (Å²) in [4.78, 5) is 24.0. The number of rotatable bonds is 7. The Hall–Kier alpha value is -2.37. The Morgan fingerprint density at radius 2 is 2.04 bits per heavy atom. The van der Waals surface area contributed by atoms with Gasteiger partial charge in [0.1, 0.15) is 6.54 Å². The zero-order valence-corrected chi connectivity index (χ0v) is 14.1. The second-order valence-electron chi connectivity index (χ2n) is 6.73. The van der Waals surface area contributed by atoms with Crippen LogP contribution in [0.1, 0.15) is 49.9 Å². The van der Waals surface area contributed by atoms with Crippen LogP contribution in [0.3, 0.4) is 0 Å². The quantitative estimate of drug-likeness (QED) is 0.845. The molecule has 1 fully saturated rings. The van der Waals surface area contributed by atoms with Gasteiger partial charge in [0.05, 0.1) is 0 Å². The van der Waals surface area contributed by atoms with Gasteiger partial charge < -0.3 is 5.32 Å². The molecule has 0 spiro atoms. The molecule has 0 radical (unpaired) electrons. The third-order valence-electron chi connectivity index (χ3n) is 4.51. The number of carbonyl (C=O) groups is 1. The Morgan fingerprint density at radius 3 is 2.67 bits per heavy atom. The normalized spacial score (nSPS) is 15.5. The van der Waals surface area contributed by atoms with Crippen molar-refractivity contribution in [2.24, 2.45) is 5.92 Å². The molecule has 3 rings (SSSR count). The molecule has 1 N–H and O–H groups in total. The van der Waals surface area contributed by atoms with Crippen molar-refractivity contribution in [3.8, 4) is 0 Å². The summed E-state index contributed by atoms with van der Waals surface area (Å²) in [6.07, 6.45) is 1.99. The molecule has 128 valence electrons. The van der Waals surface area contributed by atoms with Crippen LogP contribution in [0.15, 0.2) is 39.6 Å². The van der Waals surface area contributed by atoms with Gasteiger partial charge in [-0.15, -0.1) is 0 Å². The van der Waals surface area contributed by atoms with E-state index in [0.29, 0.717) is 18.3 Å². The van der Waals surface area contributed by atoms with Crippen LogP contribution in [0.2, 0.25) is 0 Å². The number of hydrogen-bond acceptors (Lipinski definition) is 4. The molecule has 1 aromatic carbocycles. The molecule has 1 amide bonds. The van der Waals surface area contributed by atoms with E-state index in [-0.39, 0.29) is 24.3 Å². The predicted molar refractivity (Wildman–Crippen MR) is 89.8 cm³/mol. The first kappa shape index (κ1) is 16.5. The van der Waals surface area contributed by atoms with Crippen LogP contribution in [0.5, 0.6) is 0 Å². The van der Waals surface area contributed by atoms with Gasteiger partial charge in [-0.1, -0.05) is 49.3 Å². The van der Waals surface area contributed by atoms with Gasteiger partial charge in [-0.05, 0) is 24.3 Å².